The van der Waals surface area contributed by atoms with E-state index in [9.17, 15) is 0 Å². The zero-order valence-electron chi connectivity index (χ0n) is 14.1. The Balaban J connectivity index is 2.10. The quantitative estimate of drug-likeness (QED) is 0.864. The van der Waals surface area contributed by atoms with E-state index in [4.69, 9.17) is 10.5 Å². The fraction of sp³-hybridized carbons (Fsp3) is 1.00. The Bertz CT molecular complexity index is 311. The number of rotatable bonds is 3. The zero-order valence-corrected chi connectivity index (χ0v) is 14.1. The summed E-state index contributed by atoms with van der Waals surface area (Å²) in [6.07, 6.45) is 5.47. The van der Waals surface area contributed by atoms with Gasteiger partial charge in [0.1, 0.15) is 0 Å². The first-order valence-corrected chi connectivity index (χ1v) is 8.37. The molecule has 1 saturated heterocycles. The van der Waals surface area contributed by atoms with Gasteiger partial charge < -0.3 is 10.5 Å². The van der Waals surface area contributed by atoms with Crippen LogP contribution in [0.25, 0.3) is 0 Å². The molecule has 2 N–H and O–H groups in total. The molecule has 0 bridgehead atoms. The molecule has 0 spiro atoms. The minimum Gasteiger partial charge on any atom is -0.367 e. The van der Waals surface area contributed by atoms with Crippen molar-refractivity contribution in [3.63, 3.8) is 0 Å². The summed E-state index contributed by atoms with van der Waals surface area (Å²) in [5.41, 5.74) is 6.03. The van der Waals surface area contributed by atoms with Crippen LogP contribution < -0.4 is 5.73 Å². The third-order valence-corrected chi connectivity index (χ3v) is 4.95. The second kappa shape index (κ2) is 5.94. The lowest BCUT2D eigenvalue weighted by molar-refractivity contribution is -0.191. The fourth-order valence-electron chi connectivity index (χ4n) is 4.55. The predicted octanol–water partition coefficient (Wildman–Crippen LogP) is 3.03. The molecule has 1 heterocycles. The molecule has 0 radical (unpaired) electrons. The van der Waals surface area contributed by atoms with Crippen molar-refractivity contribution in [1.82, 2.24) is 4.90 Å². The Morgan fingerprint density at radius 3 is 2.25 bits per heavy atom. The van der Waals surface area contributed by atoms with Gasteiger partial charge in [0, 0.05) is 25.7 Å². The van der Waals surface area contributed by atoms with Crippen LogP contribution in [0.4, 0.5) is 0 Å². The van der Waals surface area contributed by atoms with Gasteiger partial charge in [0.15, 0.2) is 0 Å². The number of hydrogen-bond acceptors (Lipinski definition) is 3. The summed E-state index contributed by atoms with van der Waals surface area (Å²) in [6, 6.07) is 0.528. The van der Waals surface area contributed by atoms with E-state index in [1.165, 1.54) is 25.7 Å². The number of morpholine rings is 1. The van der Waals surface area contributed by atoms with Gasteiger partial charge in [-0.15, -0.1) is 0 Å². The summed E-state index contributed by atoms with van der Waals surface area (Å²) < 4.78 is 6.21. The highest BCUT2D eigenvalue weighted by atomic mass is 16.5. The maximum atomic E-state index is 6.21. The Kier molecular flexibility index (Phi) is 4.83. The maximum Gasteiger partial charge on any atom is 0.0760 e. The highest BCUT2D eigenvalue weighted by Gasteiger charge is 2.42. The summed E-state index contributed by atoms with van der Waals surface area (Å²) in [6.45, 7) is 14.0. The number of nitrogens with zero attached hydrogens (tertiary/aromatic N) is 1. The molecule has 3 nitrogen and oxygen atoms in total. The van der Waals surface area contributed by atoms with Gasteiger partial charge in [-0.05, 0) is 52.4 Å². The summed E-state index contributed by atoms with van der Waals surface area (Å²) in [5.74, 6) is 1.64. The lowest BCUT2D eigenvalue weighted by Crippen LogP contribution is -2.62. The van der Waals surface area contributed by atoms with Gasteiger partial charge in [-0.2, -0.15) is 0 Å². The Morgan fingerprint density at radius 2 is 1.75 bits per heavy atom. The lowest BCUT2D eigenvalue weighted by Gasteiger charge is -2.51. The molecule has 0 aromatic carbocycles. The minimum absolute atomic E-state index is 0.0740. The van der Waals surface area contributed by atoms with Crippen LogP contribution in [-0.4, -0.2) is 41.8 Å². The first-order chi connectivity index (χ1) is 9.22. The Morgan fingerprint density at radius 1 is 1.15 bits per heavy atom. The average molecular weight is 282 g/mol. The van der Waals surface area contributed by atoms with Crippen LogP contribution in [0.15, 0.2) is 0 Å². The first-order valence-electron chi connectivity index (χ1n) is 8.37. The molecule has 0 aromatic rings. The normalized spacial score (nSPS) is 35.7. The molecule has 2 rings (SSSR count). The van der Waals surface area contributed by atoms with E-state index in [0.717, 1.165) is 31.5 Å². The van der Waals surface area contributed by atoms with E-state index in [2.05, 4.69) is 39.5 Å². The third kappa shape index (κ3) is 3.96. The molecular formula is C17H34N2O. The largest absolute Gasteiger partial charge is 0.367 e. The van der Waals surface area contributed by atoms with E-state index in [-0.39, 0.29) is 11.2 Å². The molecule has 118 valence electrons. The zero-order chi connectivity index (χ0) is 15.0. The molecular weight excluding hydrogens is 248 g/mol. The summed E-state index contributed by atoms with van der Waals surface area (Å²) in [4.78, 5) is 2.62. The summed E-state index contributed by atoms with van der Waals surface area (Å²) in [5, 5.41) is 0. The second-order valence-electron chi connectivity index (χ2n) is 8.36. The highest BCUT2D eigenvalue weighted by molar-refractivity contribution is 4.94. The van der Waals surface area contributed by atoms with Crippen LogP contribution in [0, 0.1) is 11.8 Å². The Labute approximate surface area is 125 Å². The van der Waals surface area contributed by atoms with Crippen LogP contribution in [-0.2, 0) is 4.74 Å². The molecule has 0 aromatic heterocycles. The van der Waals surface area contributed by atoms with Crippen molar-refractivity contribution >= 4 is 0 Å². The van der Waals surface area contributed by atoms with Crippen molar-refractivity contribution in [2.45, 2.75) is 77.5 Å². The van der Waals surface area contributed by atoms with Crippen LogP contribution >= 0.6 is 0 Å². The first kappa shape index (κ1) is 16.3. The smallest absolute Gasteiger partial charge is 0.0760 e. The lowest BCUT2D eigenvalue weighted by atomic mass is 9.77. The van der Waals surface area contributed by atoms with Crippen LogP contribution in [0.1, 0.15) is 60.3 Å². The molecule has 0 amide bonds. The molecule has 2 aliphatic rings. The fourth-order valence-corrected chi connectivity index (χ4v) is 4.55. The monoisotopic (exact) mass is 282 g/mol. The summed E-state index contributed by atoms with van der Waals surface area (Å²) in [7, 11) is 0. The molecule has 3 atom stereocenters. The number of ether oxygens (including phenoxy) is 1. The molecule has 3 heteroatoms. The second-order valence-corrected chi connectivity index (χ2v) is 8.36. The van der Waals surface area contributed by atoms with Gasteiger partial charge >= 0.3 is 0 Å². The van der Waals surface area contributed by atoms with Crippen molar-refractivity contribution in [3.05, 3.63) is 0 Å². The molecule has 1 aliphatic carbocycles. The van der Waals surface area contributed by atoms with E-state index in [1.807, 2.05) is 0 Å². The van der Waals surface area contributed by atoms with Crippen LogP contribution in [0.5, 0.6) is 0 Å². The standard InChI is InChI=1S/C17H34N2O/c1-13-7-6-8-14(9-13)15(10-18)19-11-16(2,3)20-17(4,5)12-19/h13-15H,6-12,18H2,1-5H3. The van der Waals surface area contributed by atoms with Crippen molar-refractivity contribution in [1.29, 1.82) is 0 Å². The van der Waals surface area contributed by atoms with Crippen LogP contribution in [0.3, 0.4) is 0 Å². The third-order valence-electron chi connectivity index (χ3n) is 4.95. The van der Waals surface area contributed by atoms with Gasteiger partial charge in [0.05, 0.1) is 11.2 Å². The van der Waals surface area contributed by atoms with Gasteiger partial charge in [-0.25, -0.2) is 0 Å². The van der Waals surface area contributed by atoms with E-state index in [0.29, 0.717) is 6.04 Å². The minimum atomic E-state index is -0.0740. The topological polar surface area (TPSA) is 38.5 Å². The number of hydrogen-bond donors (Lipinski definition) is 1. The van der Waals surface area contributed by atoms with Gasteiger partial charge in [-0.3, -0.25) is 4.90 Å². The predicted molar refractivity (Wildman–Crippen MR) is 84.8 cm³/mol. The maximum absolute atomic E-state index is 6.21. The van der Waals surface area contributed by atoms with E-state index in [1.54, 1.807) is 0 Å². The molecule has 3 unspecified atom stereocenters. The van der Waals surface area contributed by atoms with E-state index < -0.39 is 0 Å². The van der Waals surface area contributed by atoms with Crippen LogP contribution in [0.2, 0.25) is 0 Å². The molecule has 1 saturated carbocycles. The summed E-state index contributed by atoms with van der Waals surface area (Å²) >= 11 is 0. The number of nitrogens with two attached hydrogens (primary N) is 1. The van der Waals surface area contributed by atoms with Gasteiger partial charge in [0.2, 0.25) is 0 Å². The van der Waals surface area contributed by atoms with Crippen molar-refractivity contribution < 1.29 is 4.74 Å². The molecule has 20 heavy (non-hydrogen) atoms. The van der Waals surface area contributed by atoms with Gasteiger partial charge in [-0.1, -0.05) is 19.8 Å². The molecule has 2 fully saturated rings. The average Bonchev–Trinajstić information content (AvgIpc) is 2.25. The van der Waals surface area contributed by atoms with Crippen molar-refractivity contribution in [2.24, 2.45) is 17.6 Å². The van der Waals surface area contributed by atoms with Crippen molar-refractivity contribution in [2.75, 3.05) is 19.6 Å². The highest BCUT2D eigenvalue weighted by Crippen LogP contribution is 2.36. The Hall–Kier alpha value is -0.120. The van der Waals surface area contributed by atoms with Gasteiger partial charge in [0.25, 0.3) is 0 Å². The van der Waals surface area contributed by atoms with E-state index >= 15 is 0 Å². The molecule has 1 aliphatic heterocycles. The SMILES string of the molecule is CC1CCCC(C(CN)N2CC(C)(C)OC(C)(C)C2)C1. The van der Waals surface area contributed by atoms with Crippen molar-refractivity contribution in [3.8, 4) is 0 Å².